The summed E-state index contributed by atoms with van der Waals surface area (Å²) < 4.78 is 42.7. The number of aromatic nitrogens is 2. The van der Waals surface area contributed by atoms with Gasteiger partial charge in [-0.1, -0.05) is 12.8 Å². The summed E-state index contributed by atoms with van der Waals surface area (Å²) in [7, 11) is 3.24. The zero-order valence-corrected chi connectivity index (χ0v) is 24.5. The van der Waals surface area contributed by atoms with Gasteiger partial charge in [0.15, 0.2) is 11.5 Å². The highest BCUT2D eigenvalue weighted by atomic mass is 19.4. The second kappa shape index (κ2) is 14.1. The molecule has 12 nitrogen and oxygen atoms in total. The molecule has 2 amide bonds. The standard InChI is InChI=1S/C27H36N6O4.C2HF3O2/c1-36-23-8-7-17(13-24(23)37-2)25-20-5-3-4-6-21(20)26(34)33(31-25)19-9-11-32(12-10-19)27(35)22(28)14-18-15-29-16-30-18;3-2(4,5)1(6)7/h7-8,13,15-16,19-22H,3-6,9-12,14,28H2,1-2H3,(H,29,30);(H,6,7)/t20-,21+,22+;/m0./s1. The third kappa shape index (κ3) is 7.49. The van der Waals surface area contributed by atoms with Crippen LogP contribution in [0.5, 0.6) is 11.5 Å². The maximum atomic E-state index is 13.6. The number of carboxylic acids is 1. The fraction of sp³-hybridized carbons (Fsp3) is 0.552. The summed E-state index contributed by atoms with van der Waals surface area (Å²) in [6, 6.07) is 5.18. The Morgan fingerprint density at radius 1 is 1.09 bits per heavy atom. The quantitative estimate of drug-likeness (QED) is 0.424. The number of amides is 2. The van der Waals surface area contributed by atoms with Crippen molar-refractivity contribution < 1.29 is 42.1 Å². The second-order valence-electron chi connectivity index (χ2n) is 11.0. The van der Waals surface area contributed by atoms with Crippen molar-refractivity contribution in [2.45, 2.75) is 63.2 Å². The van der Waals surface area contributed by atoms with Crippen LogP contribution >= 0.6 is 0 Å². The van der Waals surface area contributed by atoms with Crippen molar-refractivity contribution in [2.24, 2.45) is 22.7 Å². The Morgan fingerprint density at radius 3 is 2.30 bits per heavy atom. The first kappa shape index (κ1) is 32.8. The van der Waals surface area contributed by atoms with E-state index in [4.69, 9.17) is 30.2 Å². The van der Waals surface area contributed by atoms with Crippen molar-refractivity contribution in [3.63, 3.8) is 0 Å². The first-order chi connectivity index (χ1) is 20.9. The molecule has 1 saturated heterocycles. The van der Waals surface area contributed by atoms with Crippen molar-refractivity contribution in [1.29, 1.82) is 0 Å². The van der Waals surface area contributed by atoms with Gasteiger partial charge in [-0.2, -0.15) is 18.3 Å². The smallest absolute Gasteiger partial charge is 0.490 e. The number of carboxylic acid groups (broad SMARTS) is 1. The number of hydrogen-bond acceptors (Lipinski definition) is 8. The Balaban J connectivity index is 0.000000566. The number of nitrogens with zero attached hydrogens (tertiary/aromatic N) is 4. The van der Waals surface area contributed by atoms with Crippen LogP contribution < -0.4 is 15.2 Å². The largest absolute Gasteiger partial charge is 0.493 e. The van der Waals surface area contributed by atoms with Gasteiger partial charge < -0.3 is 30.2 Å². The molecule has 240 valence electrons. The second-order valence-corrected chi connectivity index (χ2v) is 11.0. The van der Waals surface area contributed by atoms with E-state index >= 15 is 0 Å². The number of ether oxygens (including phenoxy) is 2. The number of carbonyl (C=O) groups is 3. The number of hydrogen-bond donors (Lipinski definition) is 3. The third-order valence-electron chi connectivity index (χ3n) is 8.22. The molecule has 0 radical (unpaired) electrons. The zero-order valence-electron chi connectivity index (χ0n) is 24.5. The lowest BCUT2D eigenvalue weighted by molar-refractivity contribution is -0.192. The molecule has 1 aromatic carbocycles. The number of benzene rings is 1. The van der Waals surface area contributed by atoms with Crippen molar-refractivity contribution in [2.75, 3.05) is 27.3 Å². The molecule has 15 heteroatoms. The van der Waals surface area contributed by atoms with Gasteiger partial charge in [-0.25, -0.2) is 14.8 Å². The minimum atomic E-state index is -5.08. The van der Waals surface area contributed by atoms with E-state index in [2.05, 4.69) is 9.97 Å². The molecule has 4 N–H and O–H groups in total. The highest BCUT2D eigenvalue weighted by Gasteiger charge is 2.44. The van der Waals surface area contributed by atoms with Gasteiger partial charge in [0.1, 0.15) is 0 Å². The molecular weight excluding hydrogens is 585 g/mol. The highest BCUT2D eigenvalue weighted by molar-refractivity contribution is 6.07. The number of halogens is 3. The molecule has 5 rings (SSSR count). The number of alkyl halides is 3. The summed E-state index contributed by atoms with van der Waals surface area (Å²) in [6.45, 7) is 1.10. The Kier molecular flexibility index (Phi) is 10.5. The third-order valence-corrected chi connectivity index (χ3v) is 8.22. The average molecular weight is 623 g/mol. The summed E-state index contributed by atoms with van der Waals surface area (Å²) in [5, 5.41) is 13.8. The first-order valence-electron chi connectivity index (χ1n) is 14.4. The van der Waals surface area contributed by atoms with Crippen LogP contribution in [0.25, 0.3) is 0 Å². The van der Waals surface area contributed by atoms with Gasteiger partial charge in [-0.3, -0.25) is 9.59 Å². The Bertz CT molecular complexity index is 1340. The number of piperidine rings is 1. The number of nitrogens with two attached hydrogens (primary N) is 1. The molecule has 0 bridgehead atoms. The fourth-order valence-electron chi connectivity index (χ4n) is 5.97. The van der Waals surface area contributed by atoms with Gasteiger partial charge in [0, 0.05) is 43.1 Å². The molecule has 2 aromatic rings. The van der Waals surface area contributed by atoms with E-state index in [-0.39, 0.29) is 29.7 Å². The number of imidazole rings is 1. The normalized spacial score (nSPS) is 21.4. The lowest BCUT2D eigenvalue weighted by atomic mass is 9.73. The van der Waals surface area contributed by atoms with Crippen LogP contribution in [0.1, 0.15) is 49.8 Å². The summed E-state index contributed by atoms with van der Waals surface area (Å²) in [6.07, 6.45) is 3.99. The number of fused-ring (bicyclic) bond motifs is 1. The average Bonchev–Trinajstić information content (AvgIpc) is 3.53. The Hall–Kier alpha value is -4.14. The van der Waals surface area contributed by atoms with Crippen molar-refractivity contribution in [3.8, 4) is 11.5 Å². The number of aromatic amines is 1. The predicted molar refractivity (Wildman–Crippen MR) is 152 cm³/mol. The molecule has 3 atom stereocenters. The fourth-order valence-corrected chi connectivity index (χ4v) is 5.97. The van der Waals surface area contributed by atoms with Crippen LogP contribution in [0.3, 0.4) is 0 Å². The van der Waals surface area contributed by atoms with Crippen LogP contribution in [0.15, 0.2) is 35.8 Å². The van der Waals surface area contributed by atoms with Crippen LogP contribution in [-0.2, 0) is 20.8 Å². The summed E-state index contributed by atoms with van der Waals surface area (Å²) >= 11 is 0. The van der Waals surface area contributed by atoms with E-state index < -0.39 is 18.2 Å². The number of likely N-dealkylation sites (tertiary alicyclic amines) is 1. The van der Waals surface area contributed by atoms with Crippen molar-refractivity contribution in [1.82, 2.24) is 19.9 Å². The topological polar surface area (TPSA) is 163 Å². The lowest BCUT2D eigenvalue weighted by Crippen LogP contribution is -2.54. The highest BCUT2D eigenvalue weighted by Crippen LogP contribution is 2.40. The van der Waals surface area contributed by atoms with Crippen LogP contribution in [-0.4, -0.2) is 94.0 Å². The predicted octanol–water partition coefficient (Wildman–Crippen LogP) is 2.97. The van der Waals surface area contributed by atoms with Crippen LogP contribution in [0, 0.1) is 11.8 Å². The van der Waals surface area contributed by atoms with E-state index in [0.717, 1.165) is 42.7 Å². The molecule has 44 heavy (non-hydrogen) atoms. The van der Waals surface area contributed by atoms with E-state index in [1.54, 1.807) is 31.8 Å². The molecule has 3 aliphatic rings. The summed E-state index contributed by atoms with van der Waals surface area (Å²) in [4.78, 5) is 44.3. The van der Waals surface area contributed by atoms with E-state index in [1.165, 1.54) is 0 Å². The molecule has 0 spiro atoms. The molecule has 1 saturated carbocycles. The number of aliphatic carboxylic acids is 1. The number of H-pyrrole nitrogens is 1. The SMILES string of the molecule is COc1ccc(C2=NN(C3CCN(C(=O)[C@H](N)Cc4c[nH]cn4)CC3)C(=O)[C@@H]3CCCC[C@H]23)cc1OC.O=C(O)C(F)(F)F. The van der Waals surface area contributed by atoms with Gasteiger partial charge in [-0.05, 0) is 43.9 Å². The molecule has 2 fully saturated rings. The van der Waals surface area contributed by atoms with Gasteiger partial charge in [0.05, 0.1) is 44.0 Å². The zero-order chi connectivity index (χ0) is 32.0. The minimum Gasteiger partial charge on any atom is -0.493 e. The minimum absolute atomic E-state index is 0.0443. The van der Waals surface area contributed by atoms with Gasteiger partial charge >= 0.3 is 12.1 Å². The number of nitrogens with one attached hydrogen (secondary N) is 1. The van der Waals surface area contributed by atoms with Crippen LogP contribution in [0.2, 0.25) is 0 Å². The van der Waals surface area contributed by atoms with E-state index in [9.17, 15) is 22.8 Å². The molecule has 2 aliphatic heterocycles. The Morgan fingerprint density at radius 2 is 1.73 bits per heavy atom. The summed E-state index contributed by atoms with van der Waals surface area (Å²) in [5.74, 6) is -1.35. The number of hydrazone groups is 1. The molecule has 1 aliphatic carbocycles. The number of methoxy groups -OCH3 is 2. The Labute approximate surface area is 252 Å². The van der Waals surface area contributed by atoms with Crippen LogP contribution in [0.4, 0.5) is 13.2 Å². The maximum absolute atomic E-state index is 13.6. The van der Waals surface area contributed by atoms with Gasteiger partial charge in [-0.15, -0.1) is 0 Å². The van der Waals surface area contributed by atoms with E-state index in [1.807, 2.05) is 23.1 Å². The summed E-state index contributed by atoms with van der Waals surface area (Å²) in [5.41, 5.74) is 8.87. The van der Waals surface area contributed by atoms with Crippen molar-refractivity contribution >= 4 is 23.5 Å². The van der Waals surface area contributed by atoms with Gasteiger partial charge in [0.2, 0.25) is 11.8 Å². The monoisotopic (exact) mass is 622 g/mol. The lowest BCUT2D eigenvalue weighted by Gasteiger charge is -2.43. The van der Waals surface area contributed by atoms with E-state index in [0.29, 0.717) is 43.9 Å². The van der Waals surface area contributed by atoms with Crippen molar-refractivity contribution in [3.05, 3.63) is 42.0 Å². The van der Waals surface area contributed by atoms with Gasteiger partial charge in [0.25, 0.3) is 0 Å². The number of rotatable bonds is 7. The number of carbonyl (C=O) groups excluding carboxylic acids is 2. The maximum Gasteiger partial charge on any atom is 0.490 e. The molecule has 0 unspecified atom stereocenters. The molecular formula is C29H37F3N6O6. The molecule has 1 aromatic heterocycles. The molecule has 3 heterocycles. The first-order valence-corrected chi connectivity index (χ1v) is 14.4.